The molecule has 3 N–H and O–H groups in total. The summed E-state index contributed by atoms with van der Waals surface area (Å²) in [5.74, 6) is -0.948. The number of nitrogens with zero attached hydrogens (tertiary/aromatic N) is 2. The third kappa shape index (κ3) is 4.80. The van der Waals surface area contributed by atoms with E-state index in [4.69, 9.17) is 5.73 Å². The van der Waals surface area contributed by atoms with E-state index in [-0.39, 0.29) is 66.7 Å². The van der Waals surface area contributed by atoms with E-state index >= 15 is 0 Å². The summed E-state index contributed by atoms with van der Waals surface area (Å²) >= 11 is 0. The number of hydrogen-bond donors (Lipinski definition) is 2. The highest BCUT2D eigenvalue weighted by atomic mass is 35.5. The van der Waals surface area contributed by atoms with Crippen molar-refractivity contribution >= 4 is 42.5 Å². The maximum Gasteiger partial charge on any atom is 0.261 e. The van der Waals surface area contributed by atoms with Gasteiger partial charge < -0.3 is 11.1 Å². The van der Waals surface area contributed by atoms with Crippen LogP contribution < -0.4 is 11.1 Å². The van der Waals surface area contributed by atoms with Crippen LogP contribution in [0.25, 0.3) is 0 Å². The number of hydrogen-bond acceptors (Lipinski definition) is 5. The number of fused-ring (bicyclic) bond motifs is 1. The molecule has 160 valence electrons. The van der Waals surface area contributed by atoms with Crippen LogP contribution >= 0.6 is 24.8 Å². The lowest BCUT2D eigenvalue weighted by Crippen LogP contribution is -2.40. The second kappa shape index (κ2) is 10.0. The van der Waals surface area contributed by atoms with Gasteiger partial charge in [-0.25, -0.2) is 0 Å². The quantitative estimate of drug-likeness (QED) is 0.696. The van der Waals surface area contributed by atoms with Gasteiger partial charge in [-0.05, 0) is 61.6 Å². The first-order valence-electron chi connectivity index (χ1n) is 9.48. The Morgan fingerprint density at radius 3 is 2.30 bits per heavy atom. The Kier molecular flexibility index (Phi) is 7.95. The lowest BCUT2D eigenvalue weighted by Gasteiger charge is -2.26. The van der Waals surface area contributed by atoms with E-state index in [1.807, 2.05) is 0 Å². The van der Waals surface area contributed by atoms with Gasteiger partial charge in [0.2, 0.25) is 0 Å². The van der Waals surface area contributed by atoms with Crippen molar-refractivity contribution in [3.63, 3.8) is 0 Å². The monoisotopic (exact) mass is 450 g/mol. The molecule has 1 aromatic heterocycles. The molecule has 9 heteroatoms. The molecule has 1 aromatic carbocycles. The van der Waals surface area contributed by atoms with Crippen molar-refractivity contribution in [2.24, 2.45) is 5.73 Å². The van der Waals surface area contributed by atoms with Crippen molar-refractivity contribution in [1.29, 1.82) is 0 Å². The standard InChI is InChI=1S/C21H22N4O3.2ClH/c22-15-2-4-16(5-3-15)24-19(26)14-1-6-17-18(11-14)21(28)25(20(17)27)12-13-7-9-23-10-8-13;;/h1,6-11,15-16H,2-5,12,22H2,(H,24,26);2*1H. The molecule has 0 spiro atoms. The average Bonchev–Trinajstić information content (AvgIpc) is 2.95. The number of nitrogens with one attached hydrogen (secondary N) is 1. The van der Waals surface area contributed by atoms with Gasteiger partial charge in [-0.1, -0.05) is 0 Å². The Morgan fingerprint density at radius 1 is 1.00 bits per heavy atom. The predicted octanol–water partition coefficient (Wildman–Crippen LogP) is 2.72. The third-order valence-corrected chi connectivity index (χ3v) is 5.43. The molecule has 0 atom stereocenters. The molecular formula is C21H24Cl2N4O3. The van der Waals surface area contributed by atoms with Crippen molar-refractivity contribution in [3.8, 4) is 0 Å². The van der Waals surface area contributed by atoms with E-state index < -0.39 is 0 Å². The van der Waals surface area contributed by atoms with E-state index in [1.54, 1.807) is 36.7 Å². The first kappa shape index (κ1) is 23.8. The molecule has 3 amide bonds. The molecule has 2 heterocycles. The number of nitrogens with two attached hydrogens (primary N) is 1. The van der Waals surface area contributed by atoms with E-state index in [1.165, 1.54) is 11.0 Å². The summed E-state index contributed by atoms with van der Waals surface area (Å²) in [6.07, 6.45) is 6.74. The fraction of sp³-hybridized carbons (Fsp3) is 0.333. The number of benzene rings is 1. The largest absolute Gasteiger partial charge is 0.349 e. The van der Waals surface area contributed by atoms with Gasteiger partial charge in [0.25, 0.3) is 17.7 Å². The molecule has 1 fully saturated rings. The van der Waals surface area contributed by atoms with Crippen LogP contribution in [0, 0.1) is 0 Å². The lowest BCUT2D eigenvalue weighted by atomic mass is 9.91. The van der Waals surface area contributed by atoms with Gasteiger partial charge >= 0.3 is 0 Å². The van der Waals surface area contributed by atoms with E-state index in [2.05, 4.69) is 10.3 Å². The molecule has 4 rings (SSSR count). The molecule has 0 bridgehead atoms. The van der Waals surface area contributed by atoms with Crippen molar-refractivity contribution in [3.05, 3.63) is 65.0 Å². The van der Waals surface area contributed by atoms with E-state index in [9.17, 15) is 14.4 Å². The van der Waals surface area contributed by atoms with Crippen LogP contribution in [0.1, 0.15) is 62.3 Å². The molecular weight excluding hydrogens is 427 g/mol. The minimum atomic E-state index is -0.380. The van der Waals surface area contributed by atoms with E-state index in [0.717, 1.165) is 31.2 Å². The zero-order valence-electron chi connectivity index (χ0n) is 16.2. The minimum Gasteiger partial charge on any atom is -0.349 e. The summed E-state index contributed by atoms with van der Waals surface area (Å²) < 4.78 is 0. The van der Waals surface area contributed by atoms with Crippen LogP contribution in [-0.2, 0) is 6.54 Å². The number of carbonyl (C=O) groups is 3. The lowest BCUT2D eigenvalue weighted by molar-refractivity contribution is 0.0642. The van der Waals surface area contributed by atoms with Crippen molar-refractivity contribution in [2.45, 2.75) is 44.3 Å². The van der Waals surface area contributed by atoms with Gasteiger partial charge in [0.1, 0.15) is 0 Å². The Labute approximate surface area is 187 Å². The number of pyridine rings is 1. The smallest absolute Gasteiger partial charge is 0.261 e. The molecule has 2 aromatic rings. The van der Waals surface area contributed by atoms with Crippen LogP contribution in [0.3, 0.4) is 0 Å². The number of rotatable bonds is 4. The highest BCUT2D eigenvalue weighted by Gasteiger charge is 2.36. The van der Waals surface area contributed by atoms with Crippen LogP contribution in [-0.4, -0.2) is 39.7 Å². The first-order valence-corrected chi connectivity index (χ1v) is 9.48. The van der Waals surface area contributed by atoms with Crippen LogP contribution in [0.5, 0.6) is 0 Å². The maximum absolute atomic E-state index is 12.8. The molecule has 2 aliphatic rings. The fourth-order valence-corrected chi connectivity index (χ4v) is 3.78. The van der Waals surface area contributed by atoms with Crippen molar-refractivity contribution in [1.82, 2.24) is 15.2 Å². The van der Waals surface area contributed by atoms with Crippen LogP contribution in [0.2, 0.25) is 0 Å². The average molecular weight is 451 g/mol. The Bertz CT molecular complexity index is 931. The SMILES string of the molecule is Cl.Cl.NC1CCC(NC(=O)c2ccc3c(c2)C(=O)N(Cc2ccncc2)C3=O)CC1. The van der Waals surface area contributed by atoms with Crippen molar-refractivity contribution in [2.75, 3.05) is 0 Å². The van der Waals surface area contributed by atoms with Gasteiger partial charge in [0, 0.05) is 30.0 Å². The minimum absolute atomic E-state index is 0. The van der Waals surface area contributed by atoms with Gasteiger partial charge in [-0.3, -0.25) is 24.3 Å². The summed E-state index contributed by atoms with van der Waals surface area (Å²) in [7, 11) is 0. The van der Waals surface area contributed by atoms with Gasteiger partial charge in [0.15, 0.2) is 0 Å². The summed E-state index contributed by atoms with van der Waals surface area (Å²) in [6, 6.07) is 8.52. The molecule has 0 saturated heterocycles. The second-order valence-electron chi connectivity index (χ2n) is 7.40. The zero-order valence-corrected chi connectivity index (χ0v) is 17.9. The number of halogens is 2. The Hall–Kier alpha value is -2.48. The second-order valence-corrected chi connectivity index (χ2v) is 7.40. The number of amides is 3. The molecule has 1 aliphatic carbocycles. The number of aromatic nitrogens is 1. The molecule has 1 saturated carbocycles. The van der Waals surface area contributed by atoms with E-state index in [0.29, 0.717) is 11.1 Å². The fourth-order valence-electron chi connectivity index (χ4n) is 3.78. The molecule has 30 heavy (non-hydrogen) atoms. The van der Waals surface area contributed by atoms with Crippen molar-refractivity contribution < 1.29 is 14.4 Å². The van der Waals surface area contributed by atoms with Gasteiger partial charge in [-0.15, -0.1) is 24.8 Å². The van der Waals surface area contributed by atoms with Crippen LogP contribution in [0.4, 0.5) is 0 Å². The molecule has 0 unspecified atom stereocenters. The van der Waals surface area contributed by atoms with Gasteiger partial charge in [-0.2, -0.15) is 0 Å². The summed E-state index contributed by atoms with van der Waals surface area (Å²) in [6.45, 7) is 0.179. The first-order chi connectivity index (χ1) is 13.5. The Morgan fingerprint density at radius 2 is 1.63 bits per heavy atom. The summed E-state index contributed by atoms with van der Waals surface area (Å²) in [5, 5.41) is 3.01. The summed E-state index contributed by atoms with van der Waals surface area (Å²) in [5.41, 5.74) is 7.72. The molecule has 1 aliphatic heterocycles. The number of carbonyl (C=O) groups excluding carboxylic acids is 3. The highest BCUT2D eigenvalue weighted by Crippen LogP contribution is 2.26. The number of imide groups is 1. The normalized spacial score (nSPS) is 20.1. The zero-order chi connectivity index (χ0) is 19.7. The topological polar surface area (TPSA) is 105 Å². The Balaban J connectivity index is 0.00000160. The maximum atomic E-state index is 12.8. The highest BCUT2D eigenvalue weighted by molar-refractivity contribution is 6.22. The van der Waals surface area contributed by atoms with Crippen LogP contribution in [0.15, 0.2) is 42.7 Å². The third-order valence-electron chi connectivity index (χ3n) is 5.43. The van der Waals surface area contributed by atoms with Gasteiger partial charge in [0.05, 0.1) is 17.7 Å². The summed E-state index contributed by atoms with van der Waals surface area (Å²) in [4.78, 5) is 43.1. The molecule has 7 nitrogen and oxygen atoms in total. The predicted molar refractivity (Wildman–Crippen MR) is 117 cm³/mol. The molecule has 0 radical (unpaired) electrons.